The van der Waals surface area contributed by atoms with Gasteiger partial charge in [0.15, 0.2) is 0 Å². The molecule has 1 aromatic carbocycles. The summed E-state index contributed by atoms with van der Waals surface area (Å²) in [5.74, 6) is 0.440. The molecule has 78 valence electrons. The van der Waals surface area contributed by atoms with Gasteiger partial charge in [-0.15, -0.1) is 0 Å². The van der Waals surface area contributed by atoms with Crippen molar-refractivity contribution in [3.8, 4) is 0 Å². The van der Waals surface area contributed by atoms with Gasteiger partial charge < -0.3 is 4.90 Å². The monoisotopic (exact) mass is 201 g/mol. The molecule has 0 fully saturated rings. The smallest absolute Gasteiger partial charge is 0.246 e. The minimum absolute atomic E-state index is 0.0244. The van der Waals surface area contributed by atoms with Gasteiger partial charge in [-0.2, -0.15) is 0 Å². The molecule has 2 nitrogen and oxygen atoms in total. The van der Waals surface area contributed by atoms with Crippen LogP contribution in [0.3, 0.4) is 0 Å². The lowest BCUT2D eigenvalue weighted by molar-refractivity contribution is -0.127. The van der Waals surface area contributed by atoms with Gasteiger partial charge in [-0.3, -0.25) is 4.79 Å². The summed E-state index contributed by atoms with van der Waals surface area (Å²) >= 11 is 0. The van der Waals surface area contributed by atoms with E-state index in [1.165, 1.54) is 17.2 Å². The molecule has 1 aliphatic heterocycles. The number of nitrogens with zero attached hydrogens (tertiary/aromatic N) is 1. The Kier molecular flexibility index (Phi) is 2.58. The molecule has 0 bridgehead atoms. The highest BCUT2D eigenvalue weighted by atomic mass is 16.2. The molecule has 1 amide bonds. The SMILES string of the molecule is C=CC(=O)N1Cc2ccccc2C(C)C1. The summed E-state index contributed by atoms with van der Waals surface area (Å²) in [6.45, 7) is 7.19. The number of fused-ring (bicyclic) bond motifs is 1. The number of hydrogen-bond donors (Lipinski definition) is 0. The number of rotatable bonds is 1. The van der Waals surface area contributed by atoms with E-state index in [1.807, 2.05) is 11.0 Å². The Labute approximate surface area is 90.2 Å². The maximum atomic E-state index is 11.5. The molecule has 1 atom stereocenters. The molecular weight excluding hydrogens is 186 g/mol. The van der Waals surface area contributed by atoms with Gasteiger partial charge in [-0.05, 0) is 23.1 Å². The van der Waals surface area contributed by atoms with Crippen LogP contribution in [-0.2, 0) is 11.3 Å². The molecule has 1 heterocycles. The maximum Gasteiger partial charge on any atom is 0.246 e. The fraction of sp³-hybridized carbons (Fsp3) is 0.308. The molecule has 0 aliphatic carbocycles. The van der Waals surface area contributed by atoms with E-state index < -0.39 is 0 Å². The van der Waals surface area contributed by atoms with Crippen LogP contribution in [0.15, 0.2) is 36.9 Å². The number of benzene rings is 1. The minimum Gasteiger partial charge on any atom is -0.334 e. The van der Waals surface area contributed by atoms with Crippen LogP contribution in [0.25, 0.3) is 0 Å². The highest BCUT2D eigenvalue weighted by Gasteiger charge is 2.23. The highest BCUT2D eigenvalue weighted by Crippen LogP contribution is 2.27. The molecule has 0 aromatic heterocycles. The molecule has 1 aliphatic rings. The lowest BCUT2D eigenvalue weighted by Crippen LogP contribution is -2.36. The largest absolute Gasteiger partial charge is 0.334 e. The first-order valence-electron chi connectivity index (χ1n) is 5.21. The molecule has 0 saturated carbocycles. The fourth-order valence-corrected chi connectivity index (χ4v) is 2.16. The molecule has 0 N–H and O–H groups in total. The summed E-state index contributed by atoms with van der Waals surface area (Å²) in [5.41, 5.74) is 2.62. The zero-order valence-electron chi connectivity index (χ0n) is 8.94. The van der Waals surface area contributed by atoms with Crippen LogP contribution in [0.4, 0.5) is 0 Å². The Morgan fingerprint density at radius 1 is 1.53 bits per heavy atom. The molecular formula is C13H15NO. The zero-order valence-corrected chi connectivity index (χ0v) is 8.94. The van der Waals surface area contributed by atoms with Gasteiger partial charge in [0.05, 0.1) is 0 Å². The van der Waals surface area contributed by atoms with E-state index in [0.29, 0.717) is 12.5 Å². The third-order valence-corrected chi connectivity index (χ3v) is 2.93. The van der Waals surface area contributed by atoms with Gasteiger partial charge in [-0.25, -0.2) is 0 Å². The summed E-state index contributed by atoms with van der Waals surface area (Å²) in [7, 11) is 0. The first-order valence-corrected chi connectivity index (χ1v) is 5.21. The van der Waals surface area contributed by atoms with Crippen molar-refractivity contribution in [1.82, 2.24) is 4.90 Å². The predicted molar refractivity (Wildman–Crippen MR) is 60.5 cm³/mol. The van der Waals surface area contributed by atoms with Gasteiger partial charge in [0, 0.05) is 13.1 Å². The number of hydrogen-bond acceptors (Lipinski definition) is 1. The second-order valence-corrected chi connectivity index (χ2v) is 4.02. The predicted octanol–water partition coefficient (Wildman–Crippen LogP) is 2.32. The Bertz CT molecular complexity index is 397. The van der Waals surface area contributed by atoms with Gasteiger partial charge in [-0.1, -0.05) is 37.8 Å². The molecule has 15 heavy (non-hydrogen) atoms. The molecule has 2 heteroatoms. The summed E-state index contributed by atoms with van der Waals surface area (Å²) in [5, 5.41) is 0. The quantitative estimate of drug-likeness (QED) is 0.638. The average Bonchev–Trinajstić information content (AvgIpc) is 2.28. The second-order valence-electron chi connectivity index (χ2n) is 4.02. The number of carbonyl (C=O) groups excluding carboxylic acids is 1. The van der Waals surface area contributed by atoms with Gasteiger partial charge in [0.25, 0.3) is 0 Å². The Balaban J connectivity index is 2.30. The van der Waals surface area contributed by atoms with Crippen molar-refractivity contribution in [2.75, 3.05) is 6.54 Å². The highest BCUT2D eigenvalue weighted by molar-refractivity contribution is 5.87. The van der Waals surface area contributed by atoms with E-state index in [-0.39, 0.29) is 5.91 Å². The van der Waals surface area contributed by atoms with E-state index in [9.17, 15) is 4.79 Å². The van der Waals surface area contributed by atoms with Gasteiger partial charge >= 0.3 is 0 Å². The lowest BCUT2D eigenvalue weighted by Gasteiger charge is -2.32. The first-order chi connectivity index (χ1) is 7.22. The van der Waals surface area contributed by atoms with Gasteiger partial charge in [0.1, 0.15) is 0 Å². The van der Waals surface area contributed by atoms with Crippen LogP contribution in [0.2, 0.25) is 0 Å². The van der Waals surface area contributed by atoms with E-state index in [4.69, 9.17) is 0 Å². The van der Waals surface area contributed by atoms with Crippen LogP contribution in [0.1, 0.15) is 24.0 Å². The van der Waals surface area contributed by atoms with Crippen molar-refractivity contribution in [3.63, 3.8) is 0 Å². The molecule has 1 unspecified atom stereocenters. The van der Waals surface area contributed by atoms with Crippen molar-refractivity contribution in [2.24, 2.45) is 0 Å². The zero-order chi connectivity index (χ0) is 10.8. The van der Waals surface area contributed by atoms with Crippen LogP contribution >= 0.6 is 0 Å². The molecule has 0 saturated heterocycles. The van der Waals surface area contributed by atoms with Crippen LogP contribution in [-0.4, -0.2) is 17.4 Å². The van der Waals surface area contributed by atoms with E-state index in [2.05, 4.69) is 31.7 Å². The van der Waals surface area contributed by atoms with Crippen LogP contribution < -0.4 is 0 Å². The summed E-state index contributed by atoms with van der Waals surface area (Å²) in [6, 6.07) is 8.32. The van der Waals surface area contributed by atoms with Crippen molar-refractivity contribution < 1.29 is 4.79 Å². The average molecular weight is 201 g/mol. The topological polar surface area (TPSA) is 20.3 Å². The van der Waals surface area contributed by atoms with Gasteiger partial charge in [0.2, 0.25) is 5.91 Å². The fourth-order valence-electron chi connectivity index (χ4n) is 2.16. The molecule has 2 rings (SSSR count). The Morgan fingerprint density at radius 2 is 2.27 bits per heavy atom. The van der Waals surface area contributed by atoms with Crippen molar-refractivity contribution in [2.45, 2.75) is 19.4 Å². The maximum absolute atomic E-state index is 11.5. The van der Waals surface area contributed by atoms with E-state index >= 15 is 0 Å². The third-order valence-electron chi connectivity index (χ3n) is 2.93. The summed E-state index contributed by atoms with van der Waals surface area (Å²) in [4.78, 5) is 13.4. The minimum atomic E-state index is 0.0244. The second kappa shape index (κ2) is 3.89. The molecule has 0 spiro atoms. The number of amides is 1. The molecule has 0 radical (unpaired) electrons. The van der Waals surface area contributed by atoms with E-state index in [1.54, 1.807) is 0 Å². The van der Waals surface area contributed by atoms with Crippen LogP contribution in [0.5, 0.6) is 0 Å². The van der Waals surface area contributed by atoms with Crippen molar-refractivity contribution >= 4 is 5.91 Å². The Morgan fingerprint density at radius 3 is 3.00 bits per heavy atom. The molecule has 1 aromatic rings. The summed E-state index contributed by atoms with van der Waals surface area (Å²) in [6.07, 6.45) is 1.39. The Hall–Kier alpha value is -1.57. The third kappa shape index (κ3) is 1.80. The van der Waals surface area contributed by atoms with Crippen molar-refractivity contribution in [3.05, 3.63) is 48.0 Å². The standard InChI is InChI=1S/C13H15NO/c1-3-13(15)14-8-10(2)12-7-5-4-6-11(12)9-14/h3-7,10H,1,8-9H2,2H3. The van der Waals surface area contributed by atoms with E-state index in [0.717, 1.165) is 6.54 Å². The number of carbonyl (C=O) groups is 1. The van der Waals surface area contributed by atoms with Crippen molar-refractivity contribution in [1.29, 1.82) is 0 Å². The lowest BCUT2D eigenvalue weighted by atomic mass is 9.91. The normalized spacial score (nSPS) is 19.5. The van der Waals surface area contributed by atoms with Crippen LogP contribution in [0, 0.1) is 0 Å². The summed E-state index contributed by atoms with van der Waals surface area (Å²) < 4.78 is 0. The first kappa shape index (κ1) is 9.97.